The maximum Gasteiger partial charge on any atom is 0.256 e. The number of carbonyl (C=O) groups excluding carboxylic acids is 1. The zero-order valence-corrected chi connectivity index (χ0v) is 18.5. The van der Waals surface area contributed by atoms with Crippen molar-refractivity contribution in [3.8, 4) is 5.75 Å². The van der Waals surface area contributed by atoms with Crippen LogP contribution in [0.3, 0.4) is 0 Å². The Bertz CT molecular complexity index is 577. The Morgan fingerprint density at radius 2 is 1.67 bits per heavy atom. The van der Waals surface area contributed by atoms with Gasteiger partial charge < -0.3 is 14.8 Å². The maximum atomic E-state index is 13.3. The fraction of sp³-hybridized carbons (Fsp3) is 0.682. The highest BCUT2D eigenvalue weighted by Crippen LogP contribution is 2.33. The molecule has 0 aliphatic carbocycles. The smallest absolute Gasteiger partial charge is 0.256 e. The summed E-state index contributed by atoms with van der Waals surface area (Å²) in [4.78, 5) is 13.3. The summed E-state index contributed by atoms with van der Waals surface area (Å²) in [5.74, 6) is 1.23. The van der Waals surface area contributed by atoms with Gasteiger partial charge in [-0.3, -0.25) is 4.79 Å². The van der Waals surface area contributed by atoms with Crippen molar-refractivity contribution in [3.05, 3.63) is 23.2 Å². The van der Waals surface area contributed by atoms with Gasteiger partial charge in [0.25, 0.3) is 5.91 Å². The molecule has 0 saturated heterocycles. The van der Waals surface area contributed by atoms with Gasteiger partial charge in [0.15, 0.2) is 0 Å². The van der Waals surface area contributed by atoms with E-state index in [1.165, 1.54) is 0 Å². The average molecular weight is 398 g/mol. The Balaban J connectivity index is 3.04. The van der Waals surface area contributed by atoms with Crippen LogP contribution in [0.2, 0.25) is 5.02 Å². The molecule has 0 aliphatic rings. The molecule has 4 nitrogen and oxygen atoms in total. The molecule has 0 bridgehead atoms. The molecule has 1 aromatic rings. The monoisotopic (exact) mass is 397 g/mol. The molecular formula is C22H36ClNO3. The topological polar surface area (TPSA) is 47.6 Å². The van der Waals surface area contributed by atoms with E-state index >= 15 is 0 Å². The van der Waals surface area contributed by atoms with Gasteiger partial charge >= 0.3 is 0 Å². The molecule has 0 heterocycles. The highest BCUT2D eigenvalue weighted by atomic mass is 35.5. The molecule has 0 fully saturated rings. The van der Waals surface area contributed by atoms with Gasteiger partial charge in [0, 0.05) is 12.3 Å². The minimum Gasteiger partial charge on any atom is -0.492 e. The zero-order chi connectivity index (χ0) is 20.4. The van der Waals surface area contributed by atoms with Gasteiger partial charge in [0.05, 0.1) is 11.6 Å². The van der Waals surface area contributed by atoms with Crippen molar-refractivity contribution >= 4 is 23.2 Å². The first-order chi connectivity index (χ1) is 12.7. The van der Waals surface area contributed by atoms with Crippen LogP contribution in [0.1, 0.15) is 67.2 Å². The molecule has 1 N–H and O–H groups in total. The van der Waals surface area contributed by atoms with Crippen molar-refractivity contribution < 1.29 is 14.3 Å². The third-order valence-corrected chi connectivity index (χ3v) is 4.42. The highest BCUT2D eigenvalue weighted by Gasteiger charge is 2.40. The Labute approximate surface area is 170 Å². The molecule has 0 aromatic heterocycles. The van der Waals surface area contributed by atoms with E-state index in [1.807, 2.05) is 13.0 Å². The lowest BCUT2D eigenvalue weighted by atomic mass is 9.83. The number of ether oxygens (including phenoxy) is 2. The largest absolute Gasteiger partial charge is 0.492 e. The van der Waals surface area contributed by atoms with Crippen molar-refractivity contribution in [2.75, 3.05) is 18.5 Å². The first-order valence-corrected chi connectivity index (χ1v) is 10.5. The van der Waals surface area contributed by atoms with Gasteiger partial charge in [0.1, 0.15) is 11.4 Å². The van der Waals surface area contributed by atoms with Crippen LogP contribution in [0, 0.1) is 11.8 Å². The molecule has 1 rings (SSSR count). The molecule has 27 heavy (non-hydrogen) atoms. The molecule has 0 saturated carbocycles. The minimum absolute atomic E-state index is 0.100. The second kappa shape index (κ2) is 11.6. The Kier molecular flexibility index (Phi) is 10.2. The van der Waals surface area contributed by atoms with Crippen molar-refractivity contribution in [2.45, 2.75) is 72.8 Å². The van der Waals surface area contributed by atoms with Crippen molar-refractivity contribution in [1.29, 1.82) is 0 Å². The predicted molar refractivity (Wildman–Crippen MR) is 114 cm³/mol. The van der Waals surface area contributed by atoms with Crippen LogP contribution in [-0.4, -0.2) is 24.7 Å². The number of anilines is 1. The molecule has 0 radical (unpaired) electrons. The van der Waals surface area contributed by atoms with E-state index in [1.54, 1.807) is 12.1 Å². The van der Waals surface area contributed by atoms with Gasteiger partial charge in [0.2, 0.25) is 0 Å². The lowest BCUT2D eigenvalue weighted by Gasteiger charge is -2.35. The number of halogens is 1. The van der Waals surface area contributed by atoms with Gasteiger partial charge in [-0.05, 0) is 55.7 Å². The minimum atomic E-state index is -0.831. The molecule has 1 aromatic carbocycles. The van der Waals surface area contributed by atoms with E-state index in [4.69, 9.17) is 21.1 Å². The van der Waals surface area contributed by atoms with E-state index < -0.39 is 5.60 Å². The van der Waals surface area contributed by atoms with Gasteiger partial charge in [-0.2, -0.15) is 0 Å². The third kappa shape index (κ3) is 7.71. The van der Waals surface area contributed by atoms with Gasteiger partial charge in [-0.15, -0.1) is 0 Å². The zero-order valence-electron chi connectivity index (χ0n) is 17.7. The molecule has 0 spiro atoms. The first kappa shape index (κ1) is 23.8. The predicted octanol–water partition coefficient (Wildman–Crippen LogP) is 6.32. The number of rotatable bonds is 12. The second-order valence-electron chi connectivity index (χ2n) is 7.99. The molecule has 1 amide bonds. The number of benzene rings is 1. The average Bonchev–Trinajstić information content (AvgIpc) is 2.58. The Morgan fingerprint density at radius 3 is 2.15 bits per heavy atom. The maximum absolute atomic E-state index is 13.3. The summed E-state index contributed by atoms with van der Waals surface area (Å²) in [6, 6.07) is 5.36. The molecule has 5 heteroatoms. The summed E-state index contributed by atoms with van der Waals surface area (Å²) in [6.07, 6.45) is 3.15. The normalized spacial score (nSPS) is 11.9. The molecule has 0 aliphatic heterocycles. The molecular weight excluding hydrogens is 362 g/mol. The summed E-state index contributed by atoms with van der Waals surface area (Å²) in [5.41, 5.74) is -0.173. The fourth-order valence-electron chi connectivity index (χ4n) is 3.22. The van der Waals surface area contributed by atoms with E-state index in [0.717, 1.165) is 12.8 Å². The highest BCUT2D eigenvalue weighted by molar-refractivity contribution is 6.32. The molecule has 154 valence electrons. The van der Waals surface area contributed by atoms with Crippen molar-refractivity contribution in [3.63, 3.8) is 0 Å². The molecule has 0 unspecified atom stereocenters. The van der Waals surface area contributed by atoms with Crippen LogP contribution in [-0.2, 0) is 9.53 Å². The molecule has 0 atom stereocenters. The van der Waals surface area contributed by atoms with Gasteiger partial charge in [-0.1, -0.05) is 53.1 Å². The quantitative estimate of drug-likeness (QED) is 0.448. The SMILES string of the molecule is CCCOc1ccc(NC(=O)C(CC(C)C)(CC(C)C)OCCC)cc1Cl. The summed E-state index contributed by atoms with van der Waals surface area (Å²) in [5, 5.41) is 3.52. The lowest BCUT2D eigenvalue weighted by Crippen LogP contribution is -2.47. The summed E-state index contributed by atoms with van der Waals surface area (Å²) < 4.78 is 11.8. The lowest BCUT2D eigenvalue weighted by molar-refractivity contribution is -0.147. The van der Waals surface area contributed by atoms with Gasteiger partial charge in [-0.25, -0.2) is 0 Å². The van der Waals surface area contributed by atoms with Crippen LogP contribution >= 0.6 is 11.6 Å². The summed E-state index contributed by atoms with van der Waals surface area (Å²) >= 11 is 6.31. The van der Waals surface area contributed by atoms with Crippen LogP contribution in [0.15, 0.2) is 18.2 Å². The fourth-order valence-corrected chi connectivity index (χ4v) is 3.46. The number of carbonyl (C=O) groups is 1. The second-order valence-corrected chi connectivity index (χ2v) is 8.39. The van der Waals surface area contributed by atoms with E-state index in [9.17, 15) is 4.79 Å². The van der Waals surface area contributed by atoms with Crippen LogP contribution in [0.5, 0.6) is 5.75 Å². The van der Waals surface area contributed by atoms with Crippen LogP contribution in [0.4, 0.5) is 5.69 Å². The first-order valence-electron chi connectivity index (χ1n) is 10.1. The van der Waals surface area contributed by atoms with Crippen molar-refractivity contribution in [1.82, 2.24) is 0 Å². The number of amides is 1. The van der Waals surface area contributed by atoms with E-state index in [0.29, 0.717) is 54.4 Å². The van der Waals surface area contributed by atoms with Crippen LogP contribution < -0.4 is 10.1 Å². The number of hydrogen-bond donors (Lipinski definition) is 1. The Hall–Kier alpha value is -1.26. The number of hydrogen-bond acceptors (Lipinski definition) is 3. The van der Waals surface area contributed by atoms with Crippen molar-refractivity contribution in [2.24, 2.45) is 11.8 Å². The standard InChI is InChI=1S/C22H36ClNO3/c1-7-11-26-20-10-9-18(13-19(20)23)24-21(25)22(14-16(3)4,15-17(5)6)27-12-8-2/h9-10,13,16-17H,7-8,11-12,14-15H2,1-6H3,(H,24,25). The number of nitrogens with one attached hydrogen (secondary N) is 1. The Morgan fingerprint density at radius 1 is 1.07 bits per heavy atom. The summed E-state index contributed by atoms with van der Waals surface area (Å²) in [6.45, 7) is 13.8. The van der Waals surface area contributed by atoms with E-state index in [2.05, 4.69) is 39.9 Å². The van der Waals surface area contributed by atoms with E-state index in [-0.39, 0.29) is 5.91 Å². The summed E-state index contributed by atoms with van der Waals surface area (Å²) in [7, 11) is 0. The third-order valence-electron chi connectivity index (χ3n) is 4.12. The van der Waals surface area contributed by atoms with Crippen LogP contribution in [0.25, 0.3) is 0 Å².